The van der Waals surface area contributed by atoms with Gasteiger partial charge in [-0.2, -0.15) is 0 Å². The Balaban J connectivity index is -0.000000165. The molecule has 0 fully saturated rings. The fourth-order valence-corrected chi connectivity index (χ4v) is 0.625. The molecule has 16 heavy (non-hydrogen) atoms. The molecule has 0 aliphatic heterocycles. The molecule has 2 aromatic heterocycles. The summed E-state index contributed by atoms with van der Waals surface area (Å²) in [6, 6.07) is 11.4. The monoisotopic (exact) mass is 304 g/mol. The molecule has 0 radical (unpaired) electrons. The summed E-state index contributed by atoms with van der Waals surface area (Å²) < 4.78 is 0. The van der Waals surface area contributed by atoms with Gasteiger partial charge in [0, 0.05) is 44.3 Å². The summed E-state index contributed by atoms with van der Waals surface area (Å²) >= 11 is 3.83. The first-order valence-corrected chi connectivity index (χ1v) is 4.57. The molecule has 2 rings (SSSR count). The number of hydrogen-bond acceptors (Lipinski definition) is 3. The van der Waals surface area contributed by atoms with E-state index in [4.69, 9.17) is 0 Å². The van der Waals surface area contributed by atoms with Gasteiger partial charge in [-0.1, -0.05) is 24.4 Å². The minimum Gasteiger partial charge on any atom is -0.265 e. The maximum Gasteiger partial charge on any atom is 0.0267 e. The standard InChI is InChI=1S/2C5H5N.CH2S.ClH.Zn/c2*1-2-4-6-5-3-1;1-2;;/h2*1-5H;1H2;1H;. The van der Waals surface area contributed by atoms with E-state index in [2.05, 4.69) is 28.1 Å². The third-order valence-corrected chi connectivity index (χ3v) is 1.13. The predicted octanol–water partition coefficient (Wildman–Crippen LogP) is 3.20. The SMILES string of the molecule is C=S.Cl.[Zn].c1ccncc1.c1ccncc1. The molecule has 0 aliphatic carbocycles. The van der Waals surface area contributed by atoms with Crippen LogP contribution in [0.2, 0.25) is 0 Å². The third kappa shape index (κ3) is 15.8. The number of halogens is 1. The normalized spacial score (nSPS) is 6.25. The Hall–Kier alpha value is -0.697. The smallest absolute Gasteiger partial charge is 0.0267 e. The molecule has 0 aromatic carbocycles. The Kier molecular flexibility index (Phi) is 25.6. The summed E-state index contributed by atoms with van der Waals surface area (Å²) in [5.41, 5.74) is 0. The van der Waals surface area contributed by atoms with Crippen molar-refractivity contribution in [2.75, 3.05) is 0 Å². The van der Waals surface area contributed by atoms with Crippen molar-refractivity contribution in [2.24, 2.45) is 0 Å². The van der Waals surface area contributed by atoms with Crippen LogP contribution < -0.4 is 0 Å². The topological polar surface area (TPSA) is 25.8 Å². The Morgan fingerprint density at radius 3 is 0.938 bits per heavy atom. The molecule has 0 N–H and O–H groups in total. The van der Waals surface area contributed by atoms with Crippen LogP contribution in [0.15, 0.2) is 61.2 Å². The molecule has 0 atom stereocenters. The molecule has 2 aromatic rings. The van der Waals surface area contributed by atoms with E-state index >= 15 is 0 Å². The van der Waals surface area contributed by atoms with Gasteiger partial charge < -0.3 is 0 Å². The van der Waals surface area contributed by atoms with Crippen LogP contribution in [0.3, 0.4) is 0 Å². The summed E-state index contributed by atoms with van der Waals surface area (Å²) in [5, 5.41) is 0. The van der Waals surface area contributed by atoms with E-state index in [1.807, 2.05) is 36.4 Å². The summed E-state index contributed by atoms with van der Waals surface area (Å²) in [7, 11) is 0. The summed E-state index contributed by atoms with van der Waals surface area (Å²) in [5.74, 6) is 2.83. The molecule has 0 unspecified atom stereocenters. The predicted molar refractivity (Wildman–Crippen MR) is 70.4 cm³/mol. The van der Waals surface area contributed by atoms with Crippen molar-refractivity contribution in [3.8, 4) is 0 Å². The first kappa shape index (κ1) is 20.7. The van der Waals surface area contributed by atoms with Crippen LogP contribution in [0, 0.1) is 0 Å². The molecule has 0 aliphatic rings. The molecular formula is C11H13ClN2SZn. The van der Waals surface area contributed by atoms with Gasteiger partial charge in [-0.15, -0.1) is 12.4 Å². The second-order valence-corrected chi connectivity index (χ2v) is 2.05. The van der Waals surface area contributed by atoms with E-state index in [0.717, 1.165) is 0 Å². The molecule has 0 spiro atoms. The summed E-state index contributed by atoms with van der Waals surface area (Å²) in [6.45, 7) is 0. The van der Waals surface area contributed by atoms with Crippen LogP contribution in [0.5, 0.6) is 0 Å². The minimum absolute atomic E-state index is 0. The fourth-order valence-electron chi connectivity index (χ4n) is 0.625. The largest absolute Gasteiger partial charge is 0.265 e. The zero-order valence-corrected chi connectivity index (χ0v) is 13.5. The number of thiocarbonyl (C=S) groups is 1. The fraction of sp³-hybridized carbons (Fsp3) is 0. The average Bonchev–Trinajstić information content (AvgIpc) is 2.37. The van der Waals surface area contributed by atoms with Gasteiger partial charge in [0.1, 0.15) is 0 Å². The maximum absolute atomic E-state index is 3.83. The van der Waals surface area contributed by atoms with E-state index in [1.54, 1.807) is 24.8 Å². The molecule has 82 valence electrons. The third-order valence-electron chi connectivity index (χ3n) is 1.13. The van der Waals surface area contributed by atoms with Crippen LogP contribution in [0.25, 0.3) is 0 Å². The molecule has 2 nitrogen and oxygen atoms in total. The van der Waals surface area contributed by atoms with Gasteiger partial charge in [0.2, 0.25) is 0 Å². The van der Waals surface area contributed by atoms with Crippen molar-refractivity contribution in [2.45, 2.75) is 0 Å². The van der Waals surface area contributed by atoms with Crippen molar-refractivity contribution in [1.82, 2.24) is 9.97 Å². The first-order valence-electron chi connectivity index (χ1n) is 3.99. The Bertz CT molecular complexity index is 212. The molecule has 0 bridgehead atoms. The van der Waals surface area contributed by atoms with Crippen molar-refractivity contribution >= 4 is 30.5 Å². The van der Waals surface area contributed by atoms with Gasteiger partial charge in [-0.25, -0.2) is 0 Å². The van der Waals surface area contributed by atoms with Crippen LogP contribution in [0.4, 0.5) is 0 Å². The zero-order chi connectivity index (χ0) is 10.5. The second-order valence-electron chi connectivity index (χ2n) is 2.05. The summed E-state index contributed by atoms with van der Waals surface area (Å²) in [4.78, 5) is 7.57. The molecule has 2 heterocycles. The van der Waals surface area contributed by atoms with Crippen LogP contribution >= 0.6 is 24.6 Å². The van der Waals surface area contributed by atoms with Crippen molar-refractivity contribution in [1.29, 1.82) is 0 Å². The van der Waals surface area contributed by atoms with E-state index in [-0.39, 0.29) is 31.9 Å². The van der Waals surface area contributed by atoms with Crippen molar-refractivity contribution < 1.29 is 19.5 Å². The van der Waals surface area contributed by atoms with Crippen LogP contribution in [-0.4, -0.2) is 15.8 Å². The quantitative estimate of drug-likeness (QED) is 0.552. The first-order chi connectivity index (χ1) is 7.00. The Morgan fingerprint density at radius 2 is 0.875 bits per heavy atom. The number of aromatic nitrogens is 2. The Labute approximate surface area is 121 Å². The van der Waals surface area contributed by atoms with E-state index < -0.39 is 0 Å². The number of rotatable bonds is 0. The summed E-state index contributed by atoms with van der Waals surface area (Å²) in [6.07, 6.45) is 7.00. The van der Waals surface area contributed by atoms with Gasteiger partial charge in [-0.3, -0.25) is 9.97 Å². The Morgan fingerprint density at radius 1 is 0.625 bits per heavy atom. The van der Waals surface area contributed by atoms with E-state index in [0.29, 0.717) is 0 Å². The number of hydrogen-bond donors (Lipinski definition) is 0. The van der Waals surface area contributed by atoms with Gasteiger partial charge in [-0.05, 0) is 30.1 Å². The van der Waals surface area contributed by atoms with Gasteiger partial charge in [0.15, 0.2) is 0 Å². The zero-order valence-electron chi connectivity index (χ0n) is 8.90. The minimum atomic E-state index is 0. The van der Waals surface area contributed by atoms with Gasteiger partial charge in [0.05, 0.1) is 0 Å². The molecule has 0 amide bonds. The van der Waals surface area contributed by atoms with Gasteiger partial charge in [0.25, 0.3) is 0 Å². The van der Waals surface area contributed by atoms with Crippen LogP contribution in [0.1, 0.15) is 0 Å². The number of pyridine rings is 2. The molecular weight excluding hydrogens is 293 g/mol. The van der Waals surface area contributed by atoms with Crippen LogP contribution in [-0.2, 0) is 19.5 Å². The second kappa shape index (κ2) is 19.8. The molecule has 0 saturated heterocycles. The number of nitrogens with zero attached hydrogens (tertiary/aromatic N) is 2. The maximum atomic E-state index is 3.83. The van der Waals surface area contributed by atoms with Crippen molar-refractivity contribution in [3.05, 3.63) is 61.2 Å². The van der Waals surface area contributed by atoms with E-state index in [1.165, 1.54) is 0 Å². The average molecular weight is 306 g/mol. The van der Waals surface area contributed by atoms with Gasteiger partial charge >= 0.3 is 0 Å². The van der Waals surface area contributed by atoms with E-state index in [9.17, 15) is 0 Å². The molecule has 5 heteroatoms. The molecule has 0 saturated carbocycles. The van der Waals surface area contributed by atoms with Crippen molar-refractivity contribution in [3.63, 3.8) is 0 Å².